The molecule has 106 valence electrons. The highest BCUT2D eigenvalue weighted by Gasteiger charge is 2.27. The molecule has 1 aromatic heterocycles. The van der Waals surface area contributed by atoms with Crippen molar-refractivity contribution >= 4 is 0 Å². The van der Waals surface area contributed by atoms with Crippen molar-refractivity contribution in [3.8, 4) is 5.88 Å². The standard InChI is InChI=1S/C15H25N3O/c1-12(2)13-9-14(18-11-17-13)19-10-15(16)7-5-3-4-6-8-15/h9,11-12H,3-8,10,16H2,1-2H3. The van der Waals surface area contributed by atoms with Gasteiger partial charge in [0.25, 0.3) is 0 Å². The van der Waals surface area contributed by atoms with Gasteiger partial charge in [0, 0.05) is 6.07 Å². The quantitative estimate of drug-likeness (QED) is 0.848. The van der Waals surface area contributed by atoms with Crippen molar-refractivity contribution in [3.63, 3.8) is 0 Å². The predicted molar refractivity (Wildman–Crippen MR) is 76.2 cm³/mol. The second-order valence-electron chi connectivity index (χ2n) is 6.00. The fourth-order valence-corrected chi connectivity index (χ4v) is 2.54. The smallest absolute Gasteiger partial charge is 0.216 e. The lowest BCUT2D eigenvalue weighted by atomic mass is 9.93. The summed E-state index contributed by atoms with van der Waals surface area (Å²) in [4.78, 5) is 8.42. The largest absolute Gasteiger partial charge is 0.476 e. The summed E-state index contributed by atoms with van der Waals surface area (Å²) in [5, 5.41) is 0. The van der Waals surface area contributed by atoms with Crippen LogP contribution < -0.4 is 10.5 Å². The Labute approximate surface area is 115 Å². The van der Waals surface area contributed by atoms with Crippen molar-refractivity contribution in [1.82, 2.24) is 9.97 Å². The van der Waals surface area contributed by atoms with Gasteiger partial charge in [0.05, 0.1) is 11.2 Å². The molecule has 0 bridgehead atoms. The first-order valence-corrected chi connectivity index (χ1v) is 7.33. The van der Waals surface area contributed by atoms with Crippen LogP contribution in [0.25, 0.3) is 0 Å². The minimum atomic E-state index is -0.181. The molecule has 0 amide bonds. The Bertz CT molecular complexity index is 398. The predicted octanol–water partition coefficient (Wildman–Crippen LogP) is 3.03. The van der Waals surface area contributed by atoms with Crippen molar-refractivity contribution in [1.29, 1.82) is 0 Å². The number of hydrogen-bond acceptors (Lipinski definition) is 4. The molecule has 0 radical (unpaired) electrons. The highest BCUT2D eigenvalue weighted by molar-refractivity contribution is 5.16. The van der Waals surface area contributed by atoms with Crippen molar-refractivity contribution in [3.05, 3.63) is 18.1 Å². The van der Waals surface area contributed by atoms with E-state index in [-0.39, 0.29) is 5.54 Å². The van der Waals surface area contributed by atoms with Gasteiger partial charge in [0.15, 0.2) is 0 Å². The molecule has 1 aliphatic carbocycles. The molecular formula is C15H25N3O. The Balaban J connectivity index is 1.95. The third kappa shape index (κ3) is 4.16. The summed E-state index contributed by atoms with van der Waals surface area (Å²) in [6, 6.07) is 1.92. The average Bonchev–Trinajstić information content (AvgIpc) is 2.62. The van der Waals surface area contributed by atoms with Gasteiger partial charge in [-0.25, -0.2) is 9.97 Å². The van der Waals surface area contributed by atoms with E-state index >= 15 is 0 Å². The van der Waals surface area contributed by atoms with Gasteiger partial charge in [-0.05, 0) is 18.8 Å². The molecule has 1 saturated carbocycles. The van der Waals surface area contributed by atoms with E-state index in [1.165, 1.54) is 25.7 Å². The summed E-state index contributed by atoms with van der Waals surface area (Å²) in [7, 11) is 0. The van der Waals surface area contributed by atoms with E-state index in [0.717, 1.165) is 18.5 Å². The zero-order chi connectivity index (χ0) is 13.7. The third-order valence-corrected chi connectivity index (χ3v) is 3.86. The first-order chi connectivity index (χ1) is 9.09. The molecule has 2 N–H and O–H groups in total. The molecule has 4 nitrogen and oxygen atoms in total. The Morgan fingerprint density at radius 2 is 1.89 bits per heavy atom. The molecule has 19 heavy (non-hydrogen) atoms. The molecule has 0 saturated heterocycles. The lowest BCUT2D eigenvalue weighted by Crippen LogP contribution is -2.45. The van der Waals surface area contributed by atoms with Crippen LogP contribution in [0.1, 0.15) is 64.0 Å². The Kier molecular flexibility index (Phi) is 4.75. The summed E-state index contributed by atoms with van der Waals surface area (Å²) < 4.78 is 5.82. The zero-order valence-electron chi connectivity index (χ0n) is 12.1. The van der Waals surface area contributed by atoms with E-state index in [1.54, 1.807) is 6.33 Å². The number of rotatable bonds is 4. The fourth-order valence-electron chi connectivity index (χ4n) is 2.54. The summed E-state index contributed by atoms with van der Waals surface area (Å²) in [5.74, 6) is 1.03. The monoisotopic (exact) mass is 263 g/mol. The van der Waals surface area contributed by atoms with Gasteiger partial charge in [-0.2, -0.15) is 0 Å². The van der Waals surface area contributed by atoms with Crippen LogP contribution in [-0.2, 0) is 0 Å². The highest BCUT2D eigenvalue weighted by Crippen LogP contribution is 2.26. The second kappa shape index (κ2) is 6.33. The molecular weight excluding hydrogens is 238 g/mol. The summed E-state index contributed by atoms with van der Waals surface area (Å²) in [6.45, 7) is 4.78. The van der Waals surface area contributed by atoms with Crippen LogP contribution in [-0.4, -0.2) is 22.1 Å². The maximum absolute atomic E-state index is 6.44. The Hall–Kier alpha value is -1.16. The fraction of sp³-hybridized carbons (Fsp3) is 0.733. The molecule has 1 fully saturated rings. The first kappa shape index (κ1) is 14.3. The maximum atomic E-state index is 6.44. The Morgan fingerprint density at radius 3 is 2.53 bits per heavy atom. The van der Waals surface area contributed by atoms with Crippen LogP contribution in [0.5, 0.6) is 5.88 Å². The van der Waals surface area contributed by atoms with E-state index in [4.69, 9.17) is 10.5 Å². The lowest BCUT2D eigenvalue weighted by molar-refractivity contribution is 0.193. The summed E-state index contributed by atoms with van der Waals surface area (Å²) in [5.41, 5.74) is 7.27. The first-order valence-electron chi connectivity index (χ1n) is 7.33. The van der Waals surface area contributed by atoms with Gasteiger partial charge in [-0.15, -0.1) is 0 Å². The van der Waals surface area contributed by atoms with E-state index in [9.17, 15) is 0 Å². The van der Waals surface area contributed by atoms with E-state index in [2.05, 4.69) is 23.8 Å². The normalized spacial score (nSPS) is 19.2. The van der Waals surface area contributed by atoms with E-state index in [1.807, 2.05) is 6.07 Å². The van der Waals surface area contributed by atoms with Crippen LogP contribution in [0, 0.1) is 0 Å². The average molecular weight is 263 g/mol. The molecule has 1 aromatic rings. The SMILES string of the molecule is CC(C)c1cc(OCC2(N)CCCCCC2)ncn1. The van der Waals surface area contributed by atoms with E-state index < -0.39 is 0 Å². The Morgan fingerprint density at radius 1 is 1.21 bits per heavy atom. The molecule has 1 aliphatic rings. The topological polar surface area (TPSA) is 61.0 Å². The minimum Gasteiger partial charge on any atom is -0.476 e. The van der Waals surface area contributed by atoms with Crippen LogP contribution in [0.2, 0.25) is 0 Å². The third-order valence-electron chi connectivity index (χ3n) is 3.86. The summed E-state index contributed by atoms with van der Waals surface area (Å²) >= 11 is 0. The van der Waals surface area contributed by atoms with Crippen molar-refractivity contribution in [2.24, 2.45) is 5.73 Å². The lowest BCUT2D eigenvalue weighted by Gasteiger charge is -2.27. The molecule has 2 rings (SSSR count). The molecule has 0 aromatic carbocycles. The van der Waals surface area contributed by atoms with E-state index in [0.29, 0.717) is 18.4 Å². The van der Waals surface area contributed by atoms with Crippen molar-refractivity contribution in [2.75, 3.05) is 6.61 Å². The second-order valence-corrected chi connectivity index (χ2v) is 6.00. The number of aromatic nitrogens is 2. The van der Waals surface area contributed by atoms with Gasteiger partial charge >= 0.3 is 0 Å². The van der Waals surface area contributed by atoms with Crippen LogP contribution >= 0.6 is 0 Å². The van der Waals surface area contributed by atoms with Crippen LogP contribution in [0.3, 0.4) is 0 Å². The molecule has 4 heteroatoms. The molecule has 0 atom stereocenters. The van der Waals surface area contributed by atoms with Crippen LogP contribution in [0.4, 0.5) is 0 Å². The summed E-state index contributed by atoms with van der Waals surface area (Å²) in [6.07, 6.45) is 8.68. The van der Waals surface area contributed by atoms with Gasteiger partial charge in [-0.1, -0.05) is 39.5 Å². The highest BCUT2D eigenvalue weighted by atomic mass is 16.5. The van der Waals surface area contributed by atoms with Gasteiger partial charge < -0.3 is 10.5 Å². The maximum Gasteiger partial charge on any atom is 0.216 e. The number of hydrogen-bond donors (Lipinski definition) is 1. The molecule has 0 unspecified atom stereocenters. The number of nitrogens with zero attached hydrogens (tertiary/aromatic N) is 2. The van der Waals surface area contributed by atoms with Crippen LogP contribution in [0.15, 0.2) is 12.4 Å². The molecule has 1 heterocycles. The van der Waals surface area contributed by atoms with Gasteiger partial charge in [-0.3, -0.25) is 0 Å². The van der Waals surface area contributed by atoms with Crippen molar-refractivity contribution in [2.45, 2.75) is 63.8 Å². The number of nitrogens with two attached hydrogens (primary N) is 1. The van der Waals surface area contributed by atoms with Gasteiger partial charge in [0.2, 0.25) is 5.88 Å². The number of ether oxygens (including phenoxy) is 1. The molecule has 0 aliphatic heterocycles. The minimum absolute atomic E-state index is 0.181. The van der Waals surface area contributed by atoms with Crippen molar-refractivity contribution < 1.29 is 4.74 Å². The van der Waals surface area contributed by atoms with Gasteiger partial charge in [0.1, 0.15) is 12.9 Å². The zero-order valence-corrected chi connectivity index (χ0v) is 12.1. The molecule has 0 spiro atoms.